The maximum Gasteiger partial charge on any atom is 0.109 e. The Morgan fingerprint density at radius 1 is 1.29 bits per heavy atom. The van der Waals surface area contributed by atoms with E-state index in [9.17, 15) is 10.2 Å². The Kier molecular flexibility index (Phi) is 3.13. The third-order valence-corrected chi connectivity index (χ3v) is 3.30. The second-order valence-electron chi connectivity index (χ2n) is 4.56. The summed E-state index contributed by atoms with van der Waals surface area (Å²) in [7, 11) is 0. The lowest BCUT2D eigenvalue weighted by atomic mass is 9.89. The van der Waals surface area contributed by atoms with Gasteiger partial charge >= 0.3 is 0 Å². The van der Waals surface area contributed by atoms with E-state index in [4.69, 9.17) is 0 Å². The van der Waals surface area contributed by atoms with Crippen molar-refractivity contribution in [3.05, 3.63) is 42.2 Å². The van der Waals surface area contributed by atoms with Crippen LogP contribution in [0.25, 0.3) is 10.8 Å². The minimum absolute atomic E-state index is 0.484. The number of aliphatic hydroxyl groups is 2. The molecule has 0 fully saturated rings. The van der Waals surface area contributed by atoms with Gasteiger partial charge in [0.25, 0.3) is 0 Å². The molecule has 1 aromatic carbocycles. The maximum atomic E-state index is 10.3. The van der Waals surface area contributed by atoms with Crippen molar-refractivity contribution >= 4 is 10.8 Å². The van der Waals surface area contributed by atoms with Crippen LogP contribution in [0.4, 0.5) is 0 Å². The minimum Gasteiger partial charge on any atom is -0.387 e. The highest BCUT2D eigenvalue weighted by molar-refractivity contribution is 5.85. The van der Waals surface area contributed by atoms with E-state index in [1.807, 2.05) is 31.2 Å². The van der Waals surface area contributed by atoms with Gasteiger partial charge in [0.05, 0.1) is 5.60 Å². The maximum absolute atomic E-state index is 10.3. The van der Waals surface area contributed by atoms with Crippen molar-refractivity contribution in [3.63, 3.8) is 0 Å². The number of hydrogen-bond acceptors (Lipinski definition) is 3. The fourth-order valence-electron chi connectivity index (χ4n) is 1.89. The van der Waals surface area contributed by atoms with Gasteiger partial charge in [-0.05, 0) is 18.7 Å². The monoisotopic (exact) mass is 231 g/mol. The van der Waals surface area contributed by atoms with Gasteiger partial charge in [-0.25, -0.2) is 0 Å². The molecule has 90 valence electrons. The smallest absolute Gasteiger partial charge is 0.109 e. The summed E-state index contributed by atoms with van der Waals surface area (Å²) in [6.45, 7) is 3.49. The molecule has 0 bridgehead atoms. The van der Waals surface area contributed by atoms with Crippen molar-refractivity contribution in [2.75, 3.05) is 0 Å². The zero-order valence-electron chi connectivity index (χ0n) is 10.1. The molecule has 3 nitrogen and oxygen atoms in total. The van der Waals surface area contributed by atoms with E-state index in [0.29, 0.717) is 12.0 Å². The molecule has 1 aromatic heterocycles. The van der Waals surface area contributed by atoms with Crippen molar-refractivity contribution in [1.29, 1.82) is 0 Å². The van der Waals surface area contributed by atoms with Crippen molar-refractivity contribution in [2.24, 2.45) is 0 Å². The third kappa shape index (κ3) is 2.16. The number of benzene rings is 1. The van der Waals surface area contributed by atoms with Gasteiger partial charge in [-0.2, -0.15) is 0 Å². The Morgan fingerprint density at radius 3 is 2.71 bits per heavy atom. The highest BCUT2D eigenvalue weighted by atomic mass is 16.3. The molecule has 0 amide bonds. The number of nitrogens with zero attached hydrogens (tertiary/aromatic N) is 1. The highest BCUT2D eigenvalue weighted by Gasteiger charge is 2.30. The van der Waals surface area contributed by atoms with Crippen LogP contribution in [0.3, 0.4) is 0 Å². The zero-order valence-corrected chi connectivity index (χ0v) is 10.1. The first kappa shape index (κ1) is 12.0. The van der Waals surface area contributed by atoms with Crippen LogP contribution in [0.15, 0.2) is 36.7 Å². The molecule has 17 heavy (non-hydrogen) atoms. The molecule has 2 rings (SSSR count). The highest BCUT2D eigenvalue weighted by Crippen LogP contribution is 2.32. The average molecular weight is 231 g/mol. The standard InChI is InChI=1S/C14H17NO2/c1-3-14(2,17)13(16)12-9-15-8-10-6-4-5-7-11(10)12/h4-9,13,16-17H,3H2,1-2H3. The van der Waals surface area contributed by atoms with Crippen LogP contribution in [0.2, 0.25) is 0 Å². The number of pyridine rings is 1. The van der Waals surface area contributed by atoms with Crippen molar-refractivity contribution in [1.82, 2.24) is 4.98 Å². The van der Waals surface area contributed by atoms with Gasteiger partial charge in [0.1, 0.15) is 6.10 Å². The van der Waals surface area contributed by atoms with E-state index in [1.165, 1.54) is 0 Å². The summed E-state index contributed by atoms with van der Waals surface area (Å²) < 4.78 is 0. The van der Waals surface area contributed by atoms with E-state index in [1.54, 1.807) is 19.3 Å². The van der Waals surface area contributed by atoms with Crippen LogP contribution in [0.5, 0.6) is 0 Å². The first-order valence-corrected chi connectivity index (χ1v) is 5.79. The summed E-state index contributed by atoms with van der Waals surface area (Å²) in [4.78, 5) is 4.11. The molecule has 1 heterocycles. The van der Waals surface area contributed by atoms with Gasteiger partial charge in [-0.3, -0.25) is 4.98 Å². The van der Waals surface area contributed by atoms with Crippen LogP contribution in [0.1, 0.15) is 31.9 Å². The molecule has 2 unspecified atom stereocenters. The first-order valence-electron chi connectivity index (χ1n) is 5.79. The summed E-state index contributed by atoms with van der Waals surface area (Å²) >= 11 is 0. The van der Waals surface area contributed by atoms with Gasteiger partial charge in [0, 0.05) is 23.3 Å². The molecule has 0 spiro atoms. The Hall–Kier alpha value is -1.45. The largest absolute Gasteiger partial charge is 0.387 e. The molecule has 0 aliphatic heterocycles. The normalized spacial score (nSPS) is 16.7. The number of aromatic nitrogens is 1. The lowest BCUT2D eigenvalue weighted by molar-refractivity contribution is -0.0653. The third-order valence-electron chi connectivity index (χ3n) is 3.30. The second-order valence-corrected chi connectivity index (χ2v) is 4.56. The fraction of sp³-hybridized carbons (Fsp3) is 0.357. The number of fused-ring (bicyclic) bond motifs is 1. The van der Waals surface area contributed by atoms with E-state index in [0.717, 1.165) is 10.8 Å². The predicted molar refractivity (Wildman–Crippen MR) is 67.6 cm³/mol. The van der Waals surface area contributed by atoms with Crippen LogP contribution >= 0.6 is 0 Å². The van der Waals surface area contributed by atoms with Crippen LogP contribution in [-0.4, -0.2) is 20.8 Å². The molecule has 2 N–H and O–H groups in total. The summed E-state index contributed by atoms with van der Waals surface area (Å²) in [5, 5.41) is 22.3. The van der Waals surface area contributed by atoms with Crippen molar-refractivity contribution in [2.45, 2.75) is 32.0 Å². The molecular formula is C14H17NO2. The van der Waals surface area contributed by atoms with E-state index >= 15 is 0 Å². The van der Waals surface area contributed by atoms with Gasteiger partial charge in [-0.1, -0.05) is 31.2 Å². The topological polar surface area (TPSA) is 53.4 Å². The second kappa shape index (κ2) is 4.43. The molecule has 3 heteroatoms. The minimum atomic E-state index is -1.13. The lowest BCUT2D eigenvalue weighted by Gasteiger charge is -2.28. The summed E-state index contributed by atoms with van der Waals surface area (Å²) in [5.74, 6) is 0. The zero-order chi connectivity index (χ0) is 12.5. The number of aliphatic hydroxyl groups excluding tert-OH is 1. The molecule has 0 saturated heterocycles. The molecule has 0 saturated carbocycles. The SMILES string of the molecule is CCC(C)(O)C(O)c1cncc2ccccc12. The predicted octanol–water partition coefficient (Wildman–Crippen LogP) is 2.43. The molecule has 0 aliphatic rings. The van der Waals surface area contributed by atoms with E-state index in [-0.39, 0.29) is 0 Å². The average Bonchev–Trinajstić information content (AvgIpc) is 2.37. The van der Waals surface area contributed by atoms with Gasteiger partial charge in [-0.15, -0.1) is 0 Å². The van der Waals surface area contributed by atoms with E-state index < -0.39 is 11.7 Å². The number of rotatable bonds is 3. The van der Waals surface area contributed by atoms with Gasteiger partial charge in [0.15, 0.2) is 0 Å². The molecule has 0 radical (unpaired) electrons. The molecule has 0 aliphatic carbocycles. The van der Waals surface area contributed by atoms with Crippen molar-refractivity contribution < 1.29 is 10.2 Å². The van der Waals surface area contributed by atoms with Crippen LogP contribution in [0, 0.1) is 0 Å². The Morgan fingerprint density at radius 2 is 2.00 bits per heavy atom. The Bertz CT molecular complexity index is 517. The molecular weight excluding hydrogens is 214 g/mol. The lowest BCUT2D eigenvalue weighted by Crippen LogP contribution is -2.32. The summed E-state index contributed by atoms with van der Waals surface area (Å²) in [6.07, 6.45) is 2.94. The van der Waals surface area contributed by atoms with Gasteiger partial charge in [0.2, 0.25) is 0 Å². The van der Waals surface area contributed by atoms with Crippen LogP contribution in [-0.2, 0) is 0 Å². The van der Waals surface area contributed by atoms with Crippen molar-refractivity contribution in [3.8, 4) is 0 Å². The van der Waals surface area contributed by atoms with Gasteiger partial charge < -0.3 is 10.2 Å². The van der Waals surface area contributed by atoms with E-state index in [2.05, 4.69) is 4.98 Å². The molecule has 2 atom stereocenters. The quantitative estimate of drug-likeness (QED) is 0.853. The fourth-order valence-corrected chi connectivity index (χ4v) is 1.89. The first-order chi connectivity index (χ1) is 8.06. The number of hydrogen-bond donors (Lipinski definition) is 2. The Balaban J connectivity index is 2.56. The summed E-state index contributed by atoms with van der Waals surface area (Å²) in [5.41, 5.74) is -0.457. The summed E-state index contributed by atoms with van der Waals surface area (Å²) in [6, 6.07) is 7.72. The van der Waals surface area contributed by atoms with Crippen LogP contribution < -0.4 is 0 Å². The molecule has 2 aromatic rings. The Labute approximate surface area is 101 Å².